The van der Waals surface area contributed by atoms with Gasteiger partial charge in [-0.3, -0.25) is 0 Å². The van der Waals surface area contributed by atoms with Crippen LogP contribution in [0, 0.1) is 21.0 Å². The first-order valence-corrected chi connectivity index (χ1v) is 8.83. The molecule has 0 atom stereocenters. The first kappa shape index (κ1) is 18.1. The Hall–Kier alpha value is -1.73. The number of halogens is 5. The number of rotatable bonds is 4. The van der Waals surface area contributed by atoms with Crippen LogP contribution >= 0.6 is 34.2 Å². The van der Waals surface area contributed by atoms with E-state index in [0.717, 1.165) is 0 Å². The van der Waals surface area contributed by atoms with Crippen LogP contribution in [0.3, 0.4) is 0 Å². The Morgan fingerprint density at radius 2 is 1.68 bits per heavy atom. The Morgan fingerprint density at radius 1 is 0.920 bits per heavy atom. The summed E-state index contributed by atoms with van der Waals surface area (Å²) in [7, 11) is 0. The highest BCUT2D eigenvalue weighted by molar-refractivity contribution is 14.1. The third-order valence-corrected chi connectivity index (χ3v) is 4.85. The average Bonchev–Trinajstić information content (AvgIpc) is 2.60. The molecule has 1 N–H and O–H groups in total. The number of anilines is 1. The number of hydrogen-bond donors (Lipinski definition) is 1. The zero-order valence-electron chi connectivity index (χ0n) is 12.8. The van der Waals surface area contributed by atoms with Crippen LogP contribution in [-0.2, 0) is 6.54 Å². The van der Waals surface area contributed by atoms with E-state index in [2.05, 4.69) is 5.32 Å². The van der Waals surface area contributed by atoms with Crippen molar-refractivity contribution >= 4 is 39.9 Å². The van der Waals surface area contributed by atoms with Crippen molar-refractivity contribution in [3.05, 3.63) is 86.2 Å². The van der Waals surface area contributed by atoms with Crippen LogP contribution < -0.4 is 5.32 Å². The average molecular weight is 474 g/mol. The predicted molar refractivity (Wildman–Crippen MR) is 103 cm³/mol. The minimum atomic E-state index is -0.477. The van der Waals surface area contributed by atoms with Gasteiger partial charge in [-0.25, -0.2) is 13.2 Å². The Labute approximate surface area is 162 Å². The lowest BCUT2D eigenvalue weighted by Gasteiger charge is -2.12. The molecule has 1 nitrogen and oxygen atoms in total. The third-order valence-electron chi connectivity index (χ3n) is 3.70. The zero-order valence-corrected chi connectivity index (χ0v) is 15.7. The van der Waals surface area contributed by atoms with E-state index in [1.165, 1.54) is 18.2 Å². The molecule has 0 radical (unpaired) electrons. The molecule has 0 aliphatic carbocycles. The third kappa shape index (κ3) is 4.10. The van der Waals surface area contributed by atoms with Crippen molar-refractivity contribution in [2.45, 2.75) is 6.54 Å². The maximum Gasteiger partial charge on any atom is 0.161 e. The molecule has 0 unspecified atom stereocenters. The fraction of sp³-hybridized carbons (Fsp3) is 0.0526. The standard InChI is InChI=1S/C19H12ClF3IN/c20-15-5-7-17(24)18(23)19(15)25-10-13-8-12(4-6-16(13)22)11-2-1-3-14(21)9-11/h1-9,25H,10H2. The summed E-state index contributed by atoms with van der Waals surface area (Å²) < 4.78 is 42.1. The highest BCUT2D eigenvalue weighted by Gasteiger charge is 2.12. The predicted octanol–water partition coefficient (Wildman–Crippen LogP) is 6.64. The monoisotopic (exact) mass is 473 g/mol. The van der Waals surface area contributed by atoms with Crippen molar-refractivity contribution < 1.29 is 13.2 Å². The smallest absolute Gasteiger partial charge is 0.161 e. The van der Waals surface area contributed by atoms with Crippen molar-refractivity contribution in [1.29, 1.82) is 0 Å². The Morgan fingerprint density at radius 3 is 2.44 bits per heavy atom. The lowest BCUT2D eigenvalue weighted by molar-refractivity contribution is 0.609. The molecule has 6 heteroatoms. The Kier molecular flexibility index (Phi) is 5.54. The van der Waals surface area contributed by atoms with E-state index in [9.17, 15) is 13.2 Å². The Balaban J connectivity index is 1.89. The highest BCUT2D eigenvalue weighted by Crippen LogP contribution is 2.30. The SMILES string of the molecule is Fc1cccc(-c2ccc(F)c(CNc3c(Cl)ccc(I)c3F)c2)c1. The molecule has 3 rings (SSSR count). The Bertz CT molecular complexity index is 931. The van der Waals surface area contributed by atoms with Gasteiger partial charge in [-0.1, -0.05) is 29.8 Å². The topological polar surface area (TPSA) is 12.0 Å². The minimum absolute atomic E-state index is 0.0473. The van der Waals surface area contributed by atoms with Gasteiger partial charge in [-0.05, 0) is 70.1 Å². The van der Waals surface area contributed by atoms with E-state index in [4.69, 9.17) is 11.6 Å². The van der Waals surface area contributed by atoms with Gasteiger partial charge >= 0.3 is 0 Å². The second-order valence-corrected chi connectivity index (χ2v) is 6.96. The van der Waals surface area contributed by atoms with Crippen molar-refractivity contribution in [3.8, 4) is 11.1 Å². The summed E-state index contributed by atoms with van der Waals surface area (Å²) >= 11 is 7.87. The summed E-state index contributed by atoms with van der Waals surface area (Å²) in [6.07, 6.45) is 0. The van der Waals surface area contributed by atoms with Gasteiger partial charge in [0.2, 0.25) is 0 Å². The minimum Gasteiger partial charge on any atom is -0.377 e. The molecule has 0 aromatic heterocycles. The van der Waals surface area contributed by atoms with Crippen LogP contribution in [0.25, 0.3) is 11.1 Å². The maximum atomic E-state index is 14.2. The van der Waals surface area contributed by atoms with Gasteiger partial charge < -0.3 is 5.32 Å². The van der Waals surface area contributed by atoms with Gasteiger partial charge in [-0.2, -0.15) is 0 Å². The molecule has 0 saturated carbocycles. The molecule has 25 heavy (non-hydrogen) atoms. The largest absolute Gasteiger partial charge is 0.377 e. The van der Waals surface area contributed by atoms with Crippen molar-refractivity contribution in [3.63, 3.8) is 0 Å². The molecule has 0 fully saturated rings. The summed E-state index contributed by atoms with van der Waals surface area (Å²) in [5, 5.41) is 3.07. The van der Waals surface area contributed by atoms with E-state index in [1.54, 1.807) is 36.4 Å². The number of benzene rings is 3. The molecular formula is C19H12ClF3IN. The lowest BCUT2D eigenvalue weighted by Crippen LogP contribution is -2.05. The van der Waals surface area contributed by atoms with Crippen LogP contribution in [0.15, 0.2) is 54.6 Å². The molecule has 0 saturated heterocycles. The molecule has 128 valence electrons. The fourth-order valence-electron chi connectivity index (χ4n) is 2.43. The van der Waals surface area contributed by atoms with Crippen LogP contribution in [0.1, 0.15) is 5.56 Å². The molecule has 0 spiro atoms. The summed E-state index contributed by atoms with van der Waals surface area (Å²) in [6, 6.07) is 13.7. The van der Waals surface area contributed by atoms with Gasteiger partial charge in [0.1, 0.15) is 11.6 Å². The van der Waals surface area contributed by atoms with E-state index >= 15 is 0 Å². The molecule has 0 amide bonds. The van der Waals surface area contributed by atoms with Gasteiger partial charge in [0.25, 0.3) is 0 Å². The highest BCUT2D eigenvalue weighted by atomic mass is 127. The lowest BCUT2D eigenvalue weighted by atomic mass is 10.0. The maximum absolute atomic E-state index is 14.2. The van der Waals surface area contributed by atoms with E-state index in [0.29, 0.717) is 20.3 Å². The summed E-state index contributed by atoms with van der Waals surface area (Å²) in [5.74, 6) is -1.28. The summed E-state index contributed by atoms with van der Waals surface area (Å²) in [5.41, 5.74) is 1.77. The first-order valence-electron chi connectivity index (χ1n) is 7.37. The molecule has 3 aromatic rings. The first-order chi connectivity index (χ1) is 12.0. The van der Waals surface area contributed by atoms with Crippen molar-refractivity contribution in [2.24, 2.45) is 0 Å². The molecule has 0 bridgehead atoms. The second-order valence-electron chi connectivity index (χ2n) is 5.39. The molecule has 0 aliphatic rings. The molecule has 0 aliphatic heterocycles. The zero-order chi connectivity index (χ0) is 18.0. The van der Waals surface area contributed by atoms with Crippen molar-refractivity contribution in [1.82, 2.24) is 0 Å². The summed E-state index contributed by atoms with van der Waals surface area (Å²) in [6.45, 7) is 0.0473. The number of nitrogens with one attached hydrogen (secondary N) is 1. The second kappa shape index (κ2) is 7.66. The van der Waals surface area contributed by atoms with Gasteiger partial charge in [0.05, 0.1) is 14.3 Å². The number of hydrogen-bond acceptors (Lipinski definition) is 1. The van der Waals surface area contributed by atoms with Crippen LogP contribution in [0.5, 0.6) is 0 Å². The van der Waals surface area contributed by atoms with Crippen LogP contribution in [0.2, 0.25) is 5.02 Å². The quantitative estimate of drug-likeness (QED) is 0.331. The normalized spacial score (nSPS) is 10.8. The molecule has 0 heterocycles. The van der Waals surface area contributed by atoms with Gasteiger partial charge in [0, 0.05) is 12.1 Å². The van der Waals surface area contributed by atoms with Gasteiger partial charge in [0.15, 0.2) is 5.82 Å². The van der Waals surface area contributed by atoms with Gasteiger partial charge in [-0.15, -0.1) is 0 Å². The molecular weight excluding hydrogens is 462 g/mol. The van der Waals surface area contributed by atoms with Crippen LogP contribution in [0.4, 0.5) is 18.9 Å². The fourth-order valence-corrected chi connectivity index (χ4v) is 3.09. The van der Waals surface area contributed by atoms with E-state index in [-0.39, 0.29) is 23.1 Å². The summed E-state index contributed by atoms with van der Waals surface area (Å²) in [4.78, 5) is 0. The molecule has 3 aromatic carbocycles. The van der Waals surface area contributed by atoms with E-state index < -0.39 is 11.6 Å². The van der Waals surface area contributed by atoms with E-state index in [1.807, 2.05) is 22.6 Å². The van der Waals surface area contributed by atoms with Crippen LogP contribution in [-0.4, -0.2) is 0 Å². The van der Waals surface area contributed by atoms with Crippen molar-refractivity contribution in [2.75, 3.05) is 5.32 Å².